The Morgan fingerprint density at radius 2 is 2.25 bits per heavy atom. The van der Waals surface area contributed by atoms with E-state index in [1.807, 2.05) is 12.4 Å². The van der Waals surface area contributed by atoms with Gasteiger partial charge in [-0.3, -0.25) is 9.98 Å². The molecule has 0 aliphatic carbocycles. The van der Waals surface area contributed by atoms with Crippen molar-refractivity contribution in [2.24, 2.45) is 4.99 Å². The molecule has 1 aromatic heterocycles. The van der Waals surface area contributed by atoms with Crippen LogP contribution in [0.3, 0.4) is 0 Å². The second-order valence-electron chi connectivity index (χ2n) is 3.37. The molecule has 1 aliphatic heterocycles. The van der Waals surface area contributed by atoms with Gasteiger partial charge in [0.2, 0.25) is 0 Å². The molecule has 0 radical (unpaired) electrons. The number of fused-ring (bicyclic) bond motifs is 1. The molecule has 0 unspecified atom stereocenters. The predicted molar refractivity (Wildman–Crippen MR) is 50.2 cm³/mol. The molecule has 0 N–H and O–H groups in total. The molecule has 62 valence electrons. The van der Waals surface area contributed by atoms with E-state index in [2.05, 4.69) is 29.9 Å². The average molecular weight is 160 g/mol. The predicted octanol–water partition coefficient (Wildman–Crippen LogP) is 2.46. The van der Waals surface area contributed by atoms with Crippen LogP contribution in [0.1, 0.15) is 31.0 Å². The molecule has 1 aliphatic rings. The van der Waals surface area contributed by atoms with Gasteiger partial charge >= 0.3 is 0 Å². The first-order valence-electron chi connectivity index (χ1n) is 4.29. The highest BCUT2D eigenvalue weighted by Crippen LogP contribution is 2.31. The number of nitrogens with zero attached hydrogens (tertiary/aromatic N) is 2. The SMILES string of the molecule is CC(C)c1ccnc2c1N=CC2. The molecule has 2 heterocycles. The normalized spacial score (nSPS) is 13.9. The average Bonchev–Trinajstić information content (AvgIpc) is 2.49. The van der Waals surface area contributed by atoms with Crippen LogP contribution in [-0.2, 0) is 6.42 Å². The zero-order valence-corrected chi connectivity index (χ0v) is 7.41. The summed E-state index contributed by atoms with van der Waals surface area (Å²) < 4.78 is 0. The van der Waals surface area contributed by atoms with Crippen LogP contribution in [0.4, 0.5) is 5.69 Å². The monoisotopic (exact) mass is 160 g/mol. The van der Waals surface area contributed by atoms with Crippen LogP contribution in [0.25, 0.3) is 0 Å². The Bertz CT molecular complexity index is 327. The summed E-state index contributed by atoms with van der Waals surface area (Å²) in [7, 11) is 0. The molecule has 0 saturated carbocycles. The maximum absolute atomic E-state index is 4.33. The van der Waals surface area contributed by atoms with Crippen LogP contribution in [0.15, 0.2) is 17.3 Å². The Kier molecular flexibility index (Phi) is 1.68. The summed E-state index contributed by atoms with van der Waals surface area (Å²) in [5, 5.41) is 0. The lowest BCUT2D eigenvalue weighted by Gasteiger charge is -2.08. The lowest BCUT2D eigenvalue weighted by atomic mass is 10.0. The van der Waals surface area contributed by atoms with E-state index in [1.54, 1.807) is 0 Å². The smallest absolute Gasteiger partial charge is 0.0879 e. The second kappa shape index (κ2) is 2.70. The van der Waals surface area contributed by atoms with Gasteiger partial charge in [0.05, 0.1) is 11.4 Å². The first-order chi connectivity index (χ1) is 5.79. The van der Waals surface area contributed by atoms with Crippen molar-refractivity contribution in [1.29, 1.82) is 0 Å². The van der Waals surface area contributed by atoms with Gasteiger partial charge in [-0.05, 0) is 17.5 Å². The molecular weight excluding hydrogens is 148 g/mol. The van der Waals surface area contributed by atoms with E-state index in [-0.39, 0.29) is 0 Å². The molecule has 0 atom stereocenters. The minimum Gasteiger partial charge on any atom is -0.259 e. The van der Waals surface area contributed by atoms with Crippen molar-refractivity contribution in [3.05, 3.63) is 23.5 Å². The van der Waals surface area contributed by atoms with Crippen molar-refractivity contribution in [3.63, 3.8) is 0 Å². The van der Waals surface area contributed by atoms with Crippen molar-refractivity contribution in [1.82, 2.24) is 4.98 Å². The summed E-state index contributed by atoms with van der Waals surface area (Å²) in [6, 6.07) is 2.06. The van der Waals surface area contributed by atoms with Crippen molar-refractivity contribution in [3.8, 4) is 0 Å². The number of rotatable bonds is 1. The van der Waals surface area contributed by atoms with Crippen molar-refractivity contribution in [2.45, 2.75) is 26.2 Å². The van der Waals surface area contributed by atoms with E-state index in [4.69, 9.17) is 0 Å². The van der Waals surface area contributed by atoms with Gasteiger partial charge < -0.3 is 0 Å². The molecule has 0 fully saturated rings. The Labute approximate surface area is 72.4 Å². The summed E-state index contributed by atoms with van der Waals surface area (Å²) in [6.45, 7) is 4.37. The van der Waals surface area contributed by atoms with Crippen molar-refractivity contribution >= 4 is 11.9 Å². The number of pyridine rings is 1. The zero-order valence-electron chi connectivity index (χ0n) is 7.41. The van der Waals surface area contributed by atoms with E-state index in [0.29, 0.717) is 5.92 Å². The van der Waals surface area contributed by atoms with Gasteiger partial charge in [0.15, 0.2) is 0 Å². The van der Waals surface area contributed by atoms with Gasteiger partial charge in [-0.25, -0.2) is 0 Å². The molecule has 2 heteroatoms. The minimum atomic E-state index is 0.539. The largest absolute Gasteiger partial charge is 0.259 e. The molecule has 2 rings (SSSR count). The molecule has 1 aromatic rings. The molecule has 2 nitrogen and oxygen atoms in total. The molecule has 0 spiro atoms. The third-order valence-corrected chi connectivity index (χ3v) is 2.16. The lowest BCUT2D eigenvalue weighted by molar-refractivity contribution is 0.861. The molecule has 0 aromatic carbocycles. The third kappa shape index (κ3) is 1.04. The Balaban J connectivity index is 2.56. The standard InChI is InChI=1S/C10H12N2/c1-7(2)8-3-5-11-9-4-6-12-10(8)9/h3,5-7H,4H2,1-2H3. The highest BCUT2D eigenvalue weighted by molar-refractivity contribution is 5.76. The zero-order chi connectivity index (χ0) is 8.55. The number of hydrogen-bond acceptors (Lipinski definition) is 2. The van der Waals surface area contributed by atoms with Gasteiger partial charge in [-0.15, -0.1) is 0 Å². The Morgan fingerprint density at radius 3 is 3.00 bits per heavy atom. The molecule has 0 bridgehead atoms. The fourth-order valence-electron chi connectivity index (χ4n) is 1.50. The summed E-state index contributed by atoms with van der Waals surface area (Å²) in [4.78, 5) is 8.61. The van der Waals surface area contributed by atoms with E-state index in [9.17, 15) is 0 Å². The van der Waals surface area contributed by atoms with Gasteiger partial charge in [0.25, 0.3) is 0 Å². The Hall–Kier alpha value is -1.18. The molecule has 12 heavy (non-hydrogen) atoms. The topological polar surface area (TPSA) is 25.2 Å². The van der Waals surface area contributed by atoms with Crippen LogP contribution in [0.5, 0.6) is 0 Å². The highest BCUT2D eigenvalue weighted by Gasteiger charge is 2.13. The molecule has 0 amide bonds. The highest BCUT2D eigenvalue weighted by atomic mass is 14.8. The van der Waals surface area contributed by atoms with Crippen molar-refractivity contribution < 1.29 is 0 Å². The second-order valence-corrected chi connectivity index (χ2v) is 3.37. The minimum absolute atomic E-state index is 0.539. The van der Waals surface area contributed by atoms with Gasteiger partial charge in [0.1, 0.15) is 0 Å². The van der Waals surface area contributed by atoms with E-state index < -0.39 is 0 Å². The maximum atomic E-state index is 4.33. The first kappa shape index (κ1) is 7.47. The summed E-state index contributed by atoms with van der Waals surface area (Å²) in [5.74, 6) is 0.539. The fraction of sp³-hybridized carbons (Fsp3) is 0.400. The molecule has 0 saturated heterocycles. The van der Waals surface area contributed by atoms with Crippen LogP contribution in [0.2, 0.25) is 0 Å². The van der Waals surface area contributed by atoms with Gasteiger partial charge in [0, 0.05) is 18.8 Å². The number of aliphatic imine (C=N–C) groups is 1. The summed E-state index contributed by atoms with van der Waals surface area (Å²) in [5.41, 5.74) is 3.54. The molecular formula is C10H12N2. The quantitative estimate of drug-likeness (QED) is 0.619. The van der Waals surface area contributed by atoms with Gasteiger partial charge in [-0.1, -0.05) is 13.8 Å². The van der Waals surface area contributed by atoms with Crippen LogP contribution in [0, 0.1) is 0 Å². The van der Waals surface area contributed by atoms with Crippen LogP contribution < -0.4 is 0 Å². The van der Waals surface area contributed by atoms with Gasteiger partial charge in [-0.2, -0.15) is 0 Å². The fourth-order valence-corrected chi connectivity index (χ4v) is 1.50. The number of hydrogen-bond donors (Lipinski definition) is 0. The van der Waals surface area contributed by atoms with E-state index in [0.717, 1.165) is 17.8 Å². The van der Waals surface area contributed by atoms with Crippen LogP contribution in [-0.4, -0.2) is 11.2 Å². The summed E-state index contributed by atoms with van der Waals surface area (Å²) in [6.07, 6.45) is 4.71. The number of aromatic nitrogens is 1. The van der Waals surface area contributed by atoms with E-state index >= 15 is 0 Å². The van der Waals surface area contributed by atoms with Crippen molar-refractivity contribution in [2.75, 3.05) is 0 Å². The first-order valence-corrected chi connectivity index (χ1v) is 4.29. The van der Waals surface area contributed by atoms with Crippen LogP contribution >= 0.6 is 0 Å². The summed E-state index contributed by atoms with van der Waals surface area (Å²) >= 11 is 0. The third-order valence-electron chi connectivity index (χ3n) is 2.16. The maximum Gasteiger partial charge on any atom is 0.0879 e. The van der Waals surface area contributed by atoms with E-state index in [1.165, 1.54) is 5.56 Å². The Morgan fingerprint density at radius 1 is 1.42 bits per heavy atom. The lowest BCUT2D eigenvalue weighted by Crippen LogP contribution is -1.92.